The summed E-state index contributed by atoms with van der Waals surface area (Å²) < 4.78 is 1.93. The highest BCUT2D eigenvalue weighted by molar-refractivity contribution is 6.28. The summed E-state index contributed by atoms with van der Waals surface area (Å²) in [5.74, 6) is 1.90. The van der Waals surface area contributed by atoms with Crippen molar-refractivity contribution in [3.8, 4) is 5.82 Å². The fourth-order valence-corrected chi connectivity index (χ4v) is 3.54. The first-order valence-electron chi connectivity index (χ1n) is 10.0. The summed E-state index contributed by atoms with van der Waals surface area (Å²) in [4.78, 5) is 21.6. The van der Waals surface area contributed by atoms with E-state index in [4.69, 9.17) is 11.6 Å². The number of aromatic nitrogens is 6. The smallest absolute Gasteiger partial charge is 0.225 e. The van der Waals surface area contributed by atoms with Gasteiger partial charge in [0.2, 0.25) is 11.2 Å². The zero-order valence-corrected chi connectivity index (χ0v) is 17.9. The molecule has 1 atom stereocenters. The van der Waals surface area contributed by atoms with Gasteiger partial charge < -0.3 is 10.6 Å². The van der Waals surface area contributed by atoms with Gasteiger partial charge in [0.25, 0.3) is 0 Å². The van der Waals surface area contributed by atoms with E-state index in [2.05, 4.69) is 54.6 Å². The van der Waals surface area contributed by atoms with Crippen molar-refractivity contribution in [1.29, 1.82) is 0 Å². The molecule has 0 spiro atoms. The average molecular weight is 443 g/mol. The number of hydrogen-bond donors (Lipinski definition) is 2. The molecule has 158 valence electrons. The normalized spacial score (nSPS) is 11.9. The van der Waals surface area contributed by atoms with Crippen LogP contribution in [0.1, 0.15) is 18.5 Å². The topological polar surface area (TPSA) is 93.4 Å². The monoisotopic (exact) mass is 442 g/mol. The number of imidazole rings is 1. The van der Waals surface area contributed by atoms with E-state index in [1.165, 1.54) is 5.56 Å². The molecule has 9 heteroatoms. The molecule has 2 N–H and O–H groups in total. The van der Waals surface area contributed by atoms with Crippen LogP contribution in [0.25, 0.3) is 16.9 Å². The Balaban J connectivity index is 1.39. The summed E-state index contributed by atoms with van der Waals surface area (Å²) >= 11 is 5.86. The Hall–Kier alpha value is -4.04. The van der Waals surface area contributed by atoms with Crippen LogP contribution in [-0.2, 0) is 0 Å². The molecule has 0 aliphatic heterocycles. The van der Waals surface area contributed by atoms with E-state index in [-0.39, 0.29) is 11.3 Å². The Labute approximate surface area is 189 Å². The fourth-order valence-electron chi connectivity index (χ4n) is 3.40. The van der Waals surface area contributed by atoms with Crippen LogP contribution in [0.4, 0.5) is 17.5 Å². The van der Waals surface area contributed by atoms with Gasteiger partial charge in [0.15, 0.2) is 0 Å². The van der Waals surface area contributed by atoms with Crippen molar-refractivity contribution in [1.82, 2.24) is 29.5 Å². The molecule has 0 saturated heterocycles. The number of hydrogen-bond acceptors (Lipinski definition) is 7. The van der Waals surface area contributed by atoms with Gasteiger partial charge in [-0.3, -0.25) is 4.57 Å². The lowest BCUT2D eigenvalue weighted by molar-refractivity contribution is 0.854. The zero-order chi connectivity index (χ0) is 21.9. The third-order valence-corrected chi connectivity index (χ3v) is 5.16. The third-order valence-electron chi connectivity index (χ3n) is 4.98. The van der Waals surface area contributed by atoms with E-state index in [0.717, 1.165) is 22.5 Å². The minimum atomic E-state index is 0.0786. The summed E-state index contributed by atoms with van der Waals surface area (Å²) in [6, 6.07) is 19.8. The van der Waals surface area contributed by atoms with Crippen LogP contribution in [0.5, 0.6) is 0 Å². The third kappa shape index (κ3) is 4.21. The van der Waals surface area contributed by atoms with Gasteiger partial charge >= 0.3 is 0 Å². The number of rotatable bonds is 6. The predicted octanol–water partition coefficient (Wildman–Crippen LogP) is 5.18. The van der Waals surface area contributed by atoms with Crippen LogP contribution >= 0.6 is 11.6 Å². The summed E-state index contributed by atoms with van der Waals surface area (Å²) in [6.45, 7) is 2.08. The molecule has 0 saturated carbocycles. The van der Waals surface area contributed by atoms with Gasteiger partial charge in [0, 0.05) is 18.1 Å². The molecule has 0 fully saturated rings. The maximum absolute atomic E-state index is 5.86. The van der Waals surface area contributed by atoms with Crippen molar-refractivity contribution < 1.29 is 0 Å². The molecule has 5 aromatic rings. The maximum Gasteiger partial charge on any atom is 0.225 e. The number of benzene rings is 2. The number of nitrogens with one attached hydrogen (secondary N) is 2. The lowest BCUT2D eigenvalue weighted by atomic mass is 10.1. The Morgan fingerprint density at radius 2 is 1.75 bits per heavy atom. The van der Waals surface area contributed by atoms with E-state index in [0.29, 0.717) is 11.8 Å². The van der Waals surface area contributed by atoms with Crippen LogP contribution in [0, 0.1) is 0 Å². The van der Waals surface area contributed by atoms with Gasteiger partial charge in [0.05, 0.1) is 17.1 Å². The van der Waals surface area contributed by atoms with E-state index < -0.39 is 0 Å². The Morgan fingerprint density at radius 1 is 0.906 bits per heavy atom. The fraction of sp³-hybridized carbons (Fsp3) is 0.0870. The molecule has 5 rings (SSSR count). The van der Waals surface area contributed by atoms with Crippen molar-refractivity contribution in [2.75, 3.05) is 10.6 Å². The van der Waals surface area contributed by atoms with Crippen molar-refractivity contribution in [3.63, 3.8) is 0 Å². The van der Waals surface area contributed by atoms with Crippen LogP contribution in [0.3, 0.4) is 0 Å². The molecule has 3 heterocycles. The molecule has 0 aliphatic carbocycles. The van der Waals surface area contributed by atoms with E-state index in [9.17, 15) is 0 Å². The van der Waals surface area contributed by atoms with Crippen LogP contribution in [-0.4, -0.2) is 29.5 Å². The number of nitrogens with zero attached hydrogens (tertiary/aromatic N) is 6. The van der Waals surface area contributed by atoms with E-state index in [1.807, 2.05) is 47.0 Å². The molecule has 2 aromatic carbocycles. The summed E-state index contributed by atoms with van der Waals surface area (Å²) in [6.07, 6.45) is 5.09. The predicted molar refractivity (Wildman–Crippen MR) is 125 cm³/mol. The molecule has 0 bridgehead atoms. The largest absolute Gasteiger partial charge is 0.348 e. The second kappa shape index (κ2) is 8.60. The van der Waals surface area contributed by atoms with Crippen LogP contribution in [0.2, 0.25) is 5.28 Å². The SMILES string of the molecule is C[C@H](Nc1nccc(-n2cnc3cc(Nc4ccnc(Cl)n4)ccc32)n1)c1ccccc1. The summed E-state index contributed by atoms with van der Waals surface area (Å²) in [7, 11) is 0. The van der Waals surface area contributed by atoms with Crippen molar-refractivity contribution >= 4 is 40.1 Å². The highest BCUT2D eigenvalue weighted by atomic mass is 35.5. The number of halogens is 1. The van der Waals surface area contributed by atoms with Gasteiger partial charge in [-0.05, 0) is 54.4 Å². The van der Waals surface area contributed by atoms with Crippen LogP contribution in [0.15, 0.2) is 79.4 Å². The number of fused-ring (bicyclic) bond motifs is 1. The first kappa shape index (κ1) is 19.9. The quantitative estimate of drug-likeness (QED) is 0.350. The molecule has 3 aromatic heterocycles. The average Bonchev–Trinajstić information content (AvgIpc) is 3.23. The highest BCUT2D eigenvalue weighted by Gasteiger charge is 2.11. The first-order chi connectivity index (χ1) is 15.7. The Morgan fingerprint density at radius 3 is 2.59 bits per heavy atom. The minimum absolute atomic E-state index is 0.0786. The summed E-state index contributed by atoms with van der Waals surface area (Å²) in [5.41, 5.74) is 3.76. The molecular formula is C23H19ClN8. The molecular weight excluding hydrogens is 424 g/mol. The van der Waals surface area contributed by atoms with E-state index >= 15 is 0 Å². The Bertz CT molecular complexity index is 1370. The lowest BCUT2D eigenvalue weighted by Gasteiger charge is -2.14. The molecule has 0 radical (unpaired) electrons. The second-order valence-electron chi connectivity index (χ2n) is 7.17. The first-order valence-corrected chi connectivity index (χ1v) is 10.4. The second-order valence-corrected chi connectivity index (χ2v) is 7.51. The van der Waals surface area contributed by atoms with Gasteiger partial charge in [-0.2, -0.15) is 4.98 Å². The van der Waals surface area contributed by atoms with Crippen molar-refractivity contribution in [2.45, 2.75) is 13.0 Å². The van der Waals surface area contributed by atoms with Crippen LogP contribution < -0.4 is 10.6 Å². The van der Waals surface area contributed by atoms with Gasteiger partial charge in [-0.15, -0.1) is 0 Å². The number of anilines is 3. The molecule has 0 unspecified atom stereocenters. The molecule has 0 aliphatic rings. The molecule has 32 heavy (non-hydrogen) atoms. The van der Waals surface area contributed by atoms with Crippen molar-refractivity contribution in [3.05, 3.63) is 90.2 Å². The zero-order valence-electron chi connectivity index (χ0n) is 17.1. The van der Waals surface area contributed by atoms with E-state index in [1.54, 1.807) is 24.8 Å². The molecule has 8 nitrogen and oxygen atoms in total. The standard InChI is InChI=1S/C23H19ClN8/c1-15(16-5-3-2-4-6-16)28-23-26-12-10-21(31-23)32-14-27-18-13-17(7-8-19(18)32)29-20-9-11-25-22(24)30-20/h2-15H,1H3,(H,25,29,30)(H,26,28,31)/t15-/m0/s1. The van der Waals surface area contributed by atoms with Crippen molar-refractivity contribution in [2.24, 2.45) is 0 Å². The highest BCUT2D eigenvalue weighted by Crippen LogP contribution is 2.24. The Kier molecular flexibility index (Phi) is 5.35. The maximum atomic E-state index is 5.86. The summed E-state index contributed by atoms with van der Waals surface area (Å²) in [5, 5.41) is 6.76. The van der Waals surface area contributed by atoms with Gasteiger partial charge in [-0.25, -0.2) is 19.9 Å². The van der Waals surface area contributed by atoms with Gasteiger partial charge in [-0.1, -0.05) is 30.3 Å². The van der Waals surface area contributed by atoms with Gasteiger partial charge in [0.1, 0.15) is 18.0 Å². The lowest BCUT2D eigenvalue weighted by Crippen LogP contribution is -2.10. The minimum Gasteiger partial charge on any atom is -0.348 e. The molecule has 0 amide bonds.